The Labute approximate surface area is 107 Å². The number of carbonyl (C=O) groups is 1. The lowest BCUT2D eigenvalue weighted by Gasteiger charge is -2.33. The molecule has 2 N–H and O–H groups in total. The maximum absolute atomic E-state index is 12.4. The van der Waals surface area contributed by atoms with Crippen molar-refractivity contribution in [3.05, 3.63) is 22.4 Å². The average molecular weight is 252 g/mol. The van der Waals surface area contributed by atoms with Gasteiger partial charge in [0.25, 0.3) is 5.91 Å². The Morgan fingerprint density at radius 2 is 2.18 bits per heavy atom. The fourth-order valence-electron chi connectivity index (χ4n) is 2.52. The van der Waals surface area contributed by atoms with Gasteiger partial charge < -0.3 is 10.6 Å². The molecule has 17 heavy (non-hydrogen) atoms. The summed E-state index contributed by atoms with van der Waals surface area (Å²) >= 11 is 1.52. The fourth-order valence-corrected chi connectivity index (χ4v) is 3.20. The quantitative estimate of drug-likeness (QED) is 0.895. The summed E-state index contributed by atoms with van der Waals surface area (Å²) in [4.78, 5) is 15.2. The third kappa shape index (κ3) is 3.07. The SMILES string of the molecule is NCCN(C(=O)c1cccs1)C1CCCCC1. The van der Waals surface area contributed by atoms with Crippen molar-refractivity contribution in [2.24, 2.45) is 5.73 Å². The molecule has 0 unspecified atom stereocenters. The van der Waals surface area contributed by atoms with Gasteiger partial charge in [0, 0.05) is 19.1 Å². The Hall–Kier alpha value is -0.870. The highest BCUT2D eigenvalue weighted by Crippen LogP contribution is 2.24. The van der Waals surface area contributed by atoms with E-state index in [1.807, 2.05) is 22.4 Å². The van der Waals surface area contributed by atoms with Gasteiger partial charge in [-0.15, -0.1) is 11.3 Å². The second-order valence-corrected chi connectivity index (χ2v) is 5.50. The lowest BCUT2D eigenvalue weighted by Crippen LogP contribution is -2.43. The number of rotatable bonds is 4. The monoisotopic (exact) mass is 252 g/mol. The molecule has 2 rings (SSSR count). The minimum absolute atomic E-state index is 0.164. The lowest BCUT2D eigenvalue weighted by atomic mass is 9.94. The molecule has 1 aromatic heterocycles. The largest absolute Gasteiger partial charge is 0.334 e. The van der Waals surface area contributed by atoms with Gasteiger partial charge in [0.2, 0.25) is 0 Å². The van der Waals surface area contributed by atoms with Crippen LogP contribution in [0.1, 0.15) is 41.8 Å². The summed E-state index contributed by atoms with van der Waals surface area (Å²) in [5.41, 5.74) is 5.64. The molecule has 1 aliphatic rings. The highest BCUT2D eigenvalue weighted by molar-refractivity contribution is 7.12. The standard InChI is InChI=1S/C13H20N2OS/c14-8-9-15(11-5-2-1-3-6-11)13(16)12-7-4-10-17-12/h4,7,10-11H,1-3,5-6,8-9,14H2. The van der Waals surface area contributed by atoms with Gasteiger partial charge in [0.1, 0.15) is 0 Å². The van der Waals surface area contributed by atoms with E-state index in [-0.39, 0.29) is 5.91 Å². The molecule has 0 radical (unpaired) electrons. The summed E-state index contributed by atoms with van der Waals surface area (Å²) in [6, 6.07) is 4.24. The molecule has 3 nitrogen and oxygen atoms in total. The van der Waals surface area contributed by atoms with Crippen molar-refractivity contribution in [3.63, 3.8) is 0 Å². The molecule has 0 saturated heterocycles. The molecule has 1 saturated carbocycles. The molecule has 1 amide bonds. The summed E-state index contributed by atoms with van der Waals surface area (Å²) in [5.74, 6) is 0.164. The first-order valence-corrected chi connectivity index (χ1v) is 7.25. The first kappa shape index (κ1) is 12.6. The minimum atomic E-state index is 0.164. The summed E-state index contributed by atoms with van der Waals surface area (Å²) in [6.07, 6.45) is 6.06. The number of thiophene rings is 1. The second kappa shape index (κ2) is 6.17. The number of nitrogens with zero attached hydrogens (tertiary/aromatic N) is 1. The lowest BCUT2D eigenvalue weighted by molar-refractivity contribution is 0.0646. The van der Waals surface area contributed by atoms with Crippen molar-refractivity contribution in [2.75, 3.05) is 13.1 Å². The van der Waals surface area contributed by atoms with Crippen LogP contribution in [0.3, 0.4) is 0 Å². The minimum Gasteiger partial charge on any atom is -0.334 e. The Balaban J connectivity index is 2.07. The Bertz CT molecular complexity index is 344. The van der Waals surface area contributed by atoms with E-state index in [4.69, 9.17) is 5.73 Å². The van der Waals surface area contributed by atoms with Crippen LogP contribution in [0, 0.1) is 0 Å². The van der Waals surface area contributed by atoms with Gasteiger partial charge in [0.15, 0.2) is 0 Å². The summed E-state index contributed by atoms with van der Waals surface area (Å²) in [7, 11) is 0. The molecule has 1 aliphatic carbocycles. The summed E-state index contributed by atoms with van der Waals surface area (Å²) < 4.78 is 0. The van der Waals surface area contributed by atoms with Crippen LogP contribution in [0.25, 0.3) is 0 Å². The topological polar surface area (TPSA) is 46.3 Å². The zero-order chi connectivity index (χ0) is 12.1. The van der Waals surface area contributed by atoms with Crippen LogP contribution in [-0.4, -0.2) is 29.9 Å². The molecule has 0 spiro atoms. The van der Waals surface area contributed by atoms with Gasteiger partial charge in [-0.3, -0.25) is 4.79 Å². The third-order valence-corrected chi connectivity index (χ3v) is 4.24. The summed E-state index contributed by atoms with van der Waals surface area (Å²) in [5, 5.41) is 1.95. The first-order chi connectivity index (χ1) is 8.33. The molecule has 0 aliphatic heterocycles. The van der Waals surface area contributed by atoms with E-state index in [0.29, 0.717) is 19.1 Å². The van der Waals surface area contributed by atoms with E-state index in [0.717, 1.165) is 17.7 Å². The third-order valence-electron chi connectivity index (χ3n) is 3.38. The van der Waals surface area contributed by atoms with Gasteiger partial charge >= 0.3 is 0 Å². The molecular weight excluding hydrogens is 232 g/mol. The molecule has 1 heterocycles. The van der Waals surface area contributed by atoms with Crippen molar-refractivity contribution < 1.29 is 4.79 Å². The Morgan fingerprint density at radius 3 is 2.76 bits per heavy atom. The number of nitrogens with two attached hydrogens (primary N) is 1. The van der Waals surface area contributed by atoms with Crippen molar-refractivity contribution in [2.45, 2.75) is 38.1 Å². The smallest absolute Gasteiger partial charge is 0.264 e. The van der Waals surface area contributed by atoms with Crippen molar-refractivity contribution in [1.82, 2.24) is 4.90 Å². The fraction of sp³-hybridized carbons (Fsp3) is 0.615. The molecule has 0 atom stereocenters. The van der Waals surface area contributed by atoms with Crippen molar-refractivity contribution in [3.8, 4) is 0 Å². The van der Waals surface area contributed by atoms with E-state index in [2.05, 4.69) is 0 Å². The van der Waals surface area contributed by atoms with Crippen LogP contribution in [0.2, 0.25) is 0 Å². The summed E-state index contributed by atoms with van der Waals surface area (Å²) in [6.45, 7) is 1.23. The predicted molar refractivity (Wildman–Crippen MR) is 71.3 cm³/mol. The van der Waals surface area contributed by atoms with Crippen molar-refractivity contribution >= 4 is 17.2 Å². The van der Waals surface area contributed by atoms with Crippen LogP contribution >= 0.6 is 11.3 Å². The maximum Gasteiger partial charge on any atom is 0.264 e. The first-order valence-electron chi connectivity index (χ1n) is 6.37. The van der Waals surface area contributed by atoms with E-state index in [9.17, 15) is 4.79 Å². The van der Waals surface area contributed by atoms with Crippen LogP contribution in [0.4, 0.5) is 0 Å². The highest BCUT2D eigenvalue weighted by Gasteiger charge is 2.25. The van der Waals surface area contributed by atoms with Crippen LogP contribution < -0.4 is 5.73 Å². The second-order valence-electron chi connectivity index (χ2n) is 4.56. The number of hydrogen-bond acceptors (Lipinski definition) is 3. The van der Waals surface area contributed by atoms with Gasteiger partial charge in [-0.1, -0.05) is 25.3 Å². The van der Waals surface area contributed by atoms with E-state index >= 15 is 0 Å². The molecule has 1 aromatic rings. The van der Waals surface area contributed by atoms with Gasteiger partial charge in [-0.2, -0.15) is 0 Å². The van der Waals surface area contributed by atoms with Gasteiger partial charge in [-0.25, -0.2) is 0 Å². The zero-order valence-corrected chi connectivity index (χ0v) is 10.9. The molecule has 0 aromatic carbocycles. The molecule has 0 bridgehead atoms. The van der Waals surface area contributed by atoms with Crippen LogP contribution in [0.5, 0.6) is 0 Å². The van der Waals surface area contributed by atoms with Crippen molar-refractivity contribution in [1.29, 1.82) is 0 Å². The number of carbonyl (C=O) groups excluding carboxylic acids is 1. The molecule has 4 heteroatoms. The predicted octanol–water partition coefficient (Wildman–Crippen LogP) is 2.48. The van der Waals surface area contributed by atoms with Crippen LogP contribution in [-0.2, 0) is 0 Å². The average Bonchev–Trinajstić information content (AvgIpc) is 2.90. The van der Waals surface area contributed by atoms with Crippen LogP contribution in [0.15, 0.2) is 17.5 Å². The van der Waals surface area contributed by atoms with Gasteiger partial charge in [0.05, 0.1) is 4.88 Å². The maximum atomic E-state index is 12.4. The van der Waals surface area contributed by atoms with E-state index in [1.165, 1.54) is 30.6 Å². The zero-order valence-electron chi connectivity index (χ0n) is 10.1. The molecular formula is C13H20N2OS. The normalized spacial score (nSPS) is 17.0. The molecule has 1 fully saturated rings. The molecule has 94 valence electrons. The Kier molecular flexibility index (Phi) is 4.57. The van der Waals surface area contributed by atoms with E-state index in [1.54, 1.807) is 0 Å². The Morgan fingerprint density at radius 1 is 1.41 bits per heavy atom. The van der Waals surface area contributed by atoms with Gasteiger partial charge in [-0.05, 0) is 24.3 Å². The highest BCUT2D eigenvalue weighted by atomic mass is 32.1. The number of hydrogen-bond donors (Lipinski definition) is 1. The van der Waals surface area contributed by atoms with E-state index < -0.39 is 0 Å². The number of amides is 1.